The molecule has 1 aliphatic rings. The fourth-order valence-electron chi connectivity index (χ4n) is 3.83. The summed E-state index contributed by atoms with van der Waals surface area (Å²) in [7, 11) is 0.651. The molecule has 3 N–H and O–H groups in total. The zero-order chi connectivity index (χ0) is 24.3. The van der Waals surface area contributed by atoms with E-state index in [-0.39, 0.29) is 5.91 Å². The molecule has 8 heteroatoms. The third-order valence-electron chi connectivity index (χ3n) is 5.45. The van der Waals surface area contributed by atoms with Gasteiger partial charge in [-0.3, -0.25) is 9.52 Å². The zero-order valence-electron chi connectivity index (χ0n) is 19.4. The fourth-order valence-corrected chi connectivity index (χ4v) is 4.38. The lowest BCUT2D eigenvalue weighted by Gasteiger charge is -2.16. The van der Waals surface area contributed by atoms with Crippen LogP contribution in [0.1, 0.15) is 16.7 Å². The van der Waals surface area contributed by atoms with Gasteiger partial charge in [-0.25, -0.2) is 8.42 Å². The van der Waals surface area contributed by atoms with Crippen molar-refractivity contribution in [2.45, 2.75) is 6.42 Å². The summed E-state index contributed by atoms with van der Waals surface area (Å²) in [6.45, 7) is 0.965. The second-order valence-electron chi connectivity index (χ2n) is 8.58. The third-order valence-corrected chi connectivity index (χ3v) is 6.06. The molecule has 0 saturated carbocycles. The van der Waals surface area contributed by atoms with Gasteiger partial charge in [0.15, 0.2) is 0 Å². The molecule has 0 bridgehead atoms. The highest BCUT2D eigenvalue weighted by Gasteiger charge is 2.29. The van der Waals surface area contributed by atoms with E-state index in [1.807, 2.05) is 42.5 Å². The van der Waals surface area contributed by atoms with E-state index < -0.39 is 10.0 Å². The fraction of sp³-hybridized carbons (Fsp3) is 0.192. The van der Waals surface area contributed by atoms with Gasteiger partial charge in [0.1, 0.15) is 0 Å². The van der Waals surface area contributed by atoms with Crippen molar-refractivity contribution in [1.82, 2.24) is 4.90 Å². The van der Waals surface area contributed by atoms with Crippen molar-refractivity contribution in [3.63, 3.8) is 0 Å². The predicted octanol–water partition coefficient (Wildman–Crippen LogP) is 4.09. The Morgan fingerprint density at radius 3 is 2.26 bits per heavy atom. The van der Waals surface area contributed by atoms with Crippen LogP contribution in [0.5, 0.6) is 0 Å². The maximum absolute atomic E-state index is 13.1. The van der Waals surface area contributed by atoms with Gasteiger partial charge in [0.2, 0.25) is 10.0 Å². The number of anilines is 3. The smallest absolute Gasteiger partial charge is 0.258 e. The molecule has 1 amide bonds. The van der Waals surface area contributed by atoms with Crippen LogP contribution in [0.15, 0.2) is 72.8 Å². The normalized spacial score (nSPS) is 14.5. The Hall–Kier alpha value is -3.62. The van der Waals surface area contributed by atoms with Gasteiger partial charge >= 0.3 is 0 Å². The van der Waals surface area contributed by atoms with Crippen molar-refractivity contribution in [3.05, 3.63) is 89.5 Å². The molecule has 0 aliphatic carbocycles. The first-order chi connectivity index (χ1) is 16.2. The van der Waals surface area contributed by atoms with Crippen LogP contribution in [0.4, 0.5) is 17.1 Å². The van der Waals surface area contributed by atoms with Gasteiger partial charge in [0.25, 0.3) is 5.91 Å². The molecule has 0 radical (unpaired) electrons. The van der Waals surface area contributed by atoms with Crippen LogP contribution in [0.2, 0.25) is 0 Å². The SMILES string of the molecule is CN(C)CCc1ccc(N/C(=C2\C(=O)Nc3ccc(NS(C)(=O)=O)cc32)c2ccccc2)cc1. The largest absolute Gasteiger partial charge is 0.354 e. The zero-order valence-corrected chi connectivity index (χ0v) is 20.2. The summed E-state index contributed by atoms with van der Waals surface area (Å²) < 4.78 is 26.0. The Kier molecular flexibility index (Phi) is 6.72. The van der Waals surface area contributed by atoms with Gasteiger partial charge in [-0.05, 0) is 62.0 Å². The number of benzene rings is 3. The number of hydrogen-bond donors (Lipinski definition) is 3. The van der Waals surface area contributed by atoms with Gasteiger partial charge < -0.3 is 15.5 Å². The maximum atomic E-state index is 13.1. The molecular weight excluding hydrogens is 448 g/mol. The van der Waals surface area contributed by atoms with Crippen molar-refractivity contribution in [2.24, 2.45) is 0 Å². The summed E-state index contributed by atoms with van der Waals surface area (Å²) in [5.74, 6) is -0.250. The number of rotatable bonds is 8. The Labute approximate surface area is 200 Å². The lowest BCUT2D eigenvalue weighted by Crippen LogP contribution is -2.15. The third kappa shape index (κ3) is 5.65. The number of likely N-dealkylation sites (N-methyl/N-ethyl adjacent to an activating group) is 1. The van der Waals surface area contributed by atoms with E-state index in [1.54, 1.807) is 18.2 Å². The van der Waals surface area contributed by atoms with Crippen LogP contribution in [0.3, 0.4) is 0 Å². The lowest BCUT2D eigenvalue weighted by molar-refractivity contribution is -0.110. The summed E-state index contributed by atoms with van der Waals surface area (Å²) in [6, 6.07) is 22.8. The van der Waals surface area contributed by atoms with Crippen LogP contribution >= 0.6 is 0 Å². The highest BCUT2D eigenvalue weighted by atomic mass is 32.2. The number of carbonyl (C=O) groups is 1. The van der Waals surface area contributed by atoms with Crippen molar-refractivity contribution in [2.75, 3.05) is 42.3 Å². The number of sulfonamides is 1. The predicted molar refractivity (Wildman–Crippen MR) is 139 cm³/mol. The average Bonchev–Trinajstić information content (AvgIpc) is 3.11. The summed E-state index contributed by atoms with van der Waals surface area (Å²) in [5.41, 5.74) is 5.69. The molecule has 0 saturated heterocycles. The Balaban J connectivity index is 1.76. The van der Waals surface area contributed by atoms with Gasteiger partial charge in [-0.15, -0.1) is 0 Å². The first-order valence-electron chi connectivity index (χ1n) is 10.9. The standard InChI is InChI=1S/C26H28N4O3S/c1-30(2)16-15-18-9-11-20(12-10-18)27-25(19-7-5-4-6-8-19)24-22-17-21(29-34(3,32)33)13-14-23(22)28-26(24)31/h4-14,17,27,29H,15-16H2,1-3H3,(H,28,31)/b25-24-. The number of carbonyl (C=O) groups excluding carboxylic acids is 1. The average molecular weight is 477 g/mol. The number of hydrogen-bond acceptors (Lipinski definition) is 5. The van der Waals surface area contributed by atoms with E-state index in [2.05, 4.69) is 46.5 Å². The molecule has 0 aromatic heterocycles. The quantitative estimate of drug-likeness (QED) is 0.426. The molecular formula is C26H28N4O3S. The minimum atomic E-state index is -3.45. The molecule has 7 nitrogen and oxygen atoms in total. The summed E-state index contributed by atoms with van der Waals surface area (Å²) in [5, 5.41) is 6.33. The summed E-state index contributed by atoms with van der Waals surface area (Å²) in [6.07, 6.45) is 2.05. The van der Waals surface area contributed by atoms with E-state index >= 15 is 0 Å². The lowest BCUT2D eigenvalue weighted by atomic mass is 9.99. The van der Waals surface area contributed by atoms with Crippen molar-refractivity contribution in [1.29, 1.82) is 0 Å². The molecule has 0 atom stereocenters. The molecule has 1 heterocycles. The van der Waals surface area contributed by atoms with Gasteiger partial charge in [-0.2, -0.15) is 0 Å². The monoisotopic (exact) mass is 476 g/mol. The van der Waals surface area contributed by atoms with E-state index in [4.69, 9.17) is 0 Å². The van der Waals surface area contributed by atoms with E-state index in [0.717, 1.165) is 30.5 Å². The number of nitrogens with zero attached hydrogens (tertiary/aromatic N) is 1. The topological polar surface area (TPSA) is 90.5 Å². The maximum Gasteiger partial charge on any atom is 0.258 e. The van der Waals surface area contributed by atoms with Crippen LogP contribution in [0, 0.1) is 0 Å². The van der Waals surface area contributed by atoms with E-state index in [1.165, 1.54) is 5.56 Å². The molecule has 1 aliphatic heterocycles. The second-order valence-corrected chi connectivity index (χ2v) is 10.3. The molecule has 0 fully saturated rings. The van der Waals surface area contributed by atoms with Gasteiger partial charge in [0.05, 0.1) is 17.5 Å². The van der Waals surface area contributed by atoms with Gasteiger partial charge in [-0.1, -0.05) is 42.5 Å². The first-order valence-corrected chi connectivity index (χ1v) is 12.8. The van der Waals surface area contributed by atoms with E-state index in [9.17, 15) is 13.2 Å². The van der Waals surface area contributed by atoms with Crippen LogP contribution in [-0.4, -0.2) is 46.1 Å². The minimum Gasteiger partial charge on any atom is -0.354 e. The minimum absolute atomic E-state index is 0.250. The van der Waals surface area contributed by atoms with Gasteiger partial charge in [0, 0.05) is 29.2 Å². The van der Waals surface area contributed by atoms with E-state index in [0.29, 0.717) is 28.2 Å². The number of nitrogens with one attached hydrogen (secondary N) is 3. The highest BCUT2D eigenvalue weighted by molar-refractivity contribution is 7.92. The Morgan fingerprint density at radius 2 is 1.62 bits per heavy atom. The van der Waals surface area contributed by atoms with Crippen LogP contribution in [-0.2, 0) is 21.2 Å². The second kappa shape index (κ2) is 9.70. The summed E-state index contributed by atoms with van der Waals surface area (Å²) in [4.78, 5) is 15.2. The molecule has 0 unspecified atom stereocenters. The number of fused-ring (bicyclic) bond motifs is 1. The molecule has 0 spiro atoms. The first kappa shape index (κ1) is 23.5. The molecule has 4 rings (SSSR count). The molecule has 34 heavy (non-hydrogen) atoms. The van der Waals surface area contributed by atoms with Crippen molar-refractivity contribution in [3.8, 4) is 0 Å². The van der Waals surface area contributed by atoms with Crippen LogP contribution in [0.25, 0.3) is 11.3 Å². The van der Waals surface area contributed by atoms with Crippen molar-refractivity contribution >= 4 is 44.3 Å². The molecule has 3 aromatic rings. The summed E-state index contributed by atoms with van der Waals surface area (Å²) >= 11 is 0. The molecule has 176 valence electrons. The molecule has 3 aromatic carbocycles. The van der Waals surface area contributed by atoms with Crippen LogP contribution < -0.4 is 15.4 Å². The Bertz CT molecular complexity index is 1330. The highest BCUT2D eigenvalue weighted by Crippen LogP contribution is 2.39. The Morgan fingerprint density at radius 1 is 0.941 bits per heavy atom. The van der Waals surface area contributed by atoms with Crippen molar-refractivity contribution < 1.29 is 13.2 Å². The number of amides is 1.